The lowest BCUT2D eigenvalue weighted by atomic mass is 10.1. The van der Waals surface area contributed by atoms with Crippen LogP contribution in [0.1, 0.15) is 29.6 Å². The predicted octanol–water partition coefficient (Wildman–Crippen LogP) is 1.51. The van der Waals surface area contributed by atoms with Crippen LogP contribution >= 0.6 is 0 Å². The first-order chi connectivity index (χ1) is 8.09. The van der Waals surface area contributed by atoms with E-state index < -0.39 is 23.5 Å². The second-order valence-corrected chi connectivity index (χ2v) is 3.79. The van der Waals surface area contributed by atoms with Crippen LogP contribution in [-0.4, -0.2) is 22.6 Å². The van der Waals surface area contributed by atoms with Crippen LogP contribution in [0.15, 0.2) is 24.3 Å². The molecule has 5 heteroatoms. The molecule has 1 aromatic rings. The summed E-state index contributed by atoms with van der Waals surface area (Å²) in [5, 5.41) is 0. The molecule has 0 unspecified atom stereocenters. The van der Waals surface area contributed by atoms with Gasteiger partial charge in [-0.15, -0.1) is 0 Å². The molecule has 1 aliphatic heterocycles. The van der Waals surface area contributed by atoms with Gasteiger partial charge in [-0.1, -0.05) is 0 Å². The van der Waals surface area contributed by atoms with Crippen LogP contribution in [0.2, 0.25) is 0 Å². The molecular weight excluding hydrogens is 225 g/mol. The fourth-order valence-electron chi connectivity index (χ4n) is 1.70. The van der Waals surface area contributed by atoms with Gasteiger partial charge in [-0.05, 0) is 30.7 Å². The van der Waals surface area contributed by atoms with Crippen LogP contribution in [0.5, 0.6) is 0 Å². The lowest BCUT2D eigenvalue weighted by Crippen LogP contribution is -2.44. The summed E-state index contributed by atoms with van der Waals surface area (Å²) in [6.45, 7) is 0. The van der Waals surface area contributed by atoms with E-state index in [0.29, 0.717) is 11.3 Å². The second kappa shape index (κ2) is 4.45. The number of likely N-dealkylation sites (tertiary alicyclic amines) is 1. The van der Waals surface area contributed by atoms with E-state index in [1.807, 2.05) is 0 Å². The molecule has 1 fully saturated rings. The molecule has 0 N–H and O–H groups in total. The fraction of sp³-hybridized carbons (Fsp3) is 0.250. The van der Waals surface area contributed by atoms with E-state index in [2.05, 4.69) is 0 Å². The Balaban J connectivity index is 2.27. The molecule has 0 spiro atoms. The average Bonchev–Trinajstić information content (AvgIpc) is 2.29. The first-order valence-electron chi connectivity index (χ1n) is 5.25. The van der Waals surface area contributed by atoms with Gasteiger partial charge in [0.2, 0.25) is 11.8 Å². The Morgan fingerprint density at radius 1 is 1.06 bits per heavy atom. The summed E-state index contributed by atoms with van der Waals surface area (Å²) < 4.78 is 12.7. The molecule has 0 radical (unpaired) electrons. The summed E-state index contributed by atoms with van der Waals surface area (Å²) in [4.78, 5) is 35.5. The molecule has 1 heterocycles. The lowest BCUT2D eigenvalue weighted by molar-refractivity contribution is -0.144. The molecule has 1 aliphatic rings. The molecule has 0 aliphatic carbocycles. The van der Waals surface area contributed by atoms with Crippen LogP contribution < -0.4 is 0 Å². The number of hydrogen-bond acceptors (Lipinski definition) is 3. The van der Waals surface area contributed by atoms with Gasteiger partial charge in [0.15, 0.2) is 0 Å². The minimum Gasteiger partial charge on any atom is -0.274 e. The second-order valence-electron chi connectivity index (χ2n) is 3.79. The number of imide groups is 3. The number of carbonyl (C=O) groups is 3. The van der Waals surface area contributed by atoms with E-state index in [4.69, 9.17) is 0 Å². The van der Waals surface area contributed by atoms with E-state index in [0.717, 1.165) is 12.1 Å². The van der Waals surface area contributed by atoms with Crippen LogP contribution in [0.25, 0.3) is 0 Å². The highest BCUT2D eigenvalue weighted by molar-refractivity contribution is 6.17. The minimum absolute atomic E-state index is 0.134. The van der Waals surface area contributed by atoms with Crippen molar-refractivity contribution in [3.63, 3.8) is 0 Å². The maximum absolute atomic E-state index is 12.7. The Bertz CT molecular complexity index is 465. The molecule has 0 atom stereocenters. The third kappa shape index (κ3) is 2.22. The normalized spacial score (nSPS) is 16.2. The van der Waals surface area contributed by atoms with Crippen molar-refractivity contribution in [2.75, 3.05) is 0 Å². The van der Waals surface area contributed by atoms with Crippen molar-refractivity contribution < 1.29 is 18.8 Å². The summed E-state index contributed by atoms with van der Waals surface area (Å²) in [5.74, 6) is -2.14. The SMILES string of the molecule is O=C1CCCC(=O)N1C(=O)c1ccc(F)cc1. The average molecular weight is 235 g/mol. The Kier molecular flexibility index (Phi) is 2.99. The molecule has 4 nitrogen and oxygen atoms in total. The number of amides is 3. The monoisotopic (exact) mass is 235 g/mol. The smallest absolute Gasteiger partial charge is 0.267 e. The highest BCUT2D eigenvalue weighted by atomic mass is 19.1. The predicted molar refractivity (Wildman–Crippen MR) is 56.4 cm³/mol. The standard InChI is InChI=1S/C12H10FNO3/c13-9-6-4-8(5-7-9)12(17)14-10(15)2-1-3-11(14)16/h4-7H,1-3H2. The molecule has 88 valence electrons. The first-order valence-corrected chi connectivity index (χ1v) is 5.25. The molecular formula is C12H10FNO3. The summed E-state index contributed by atoms with van der Waals surface area (Å²) >= 11 is 0. The summed E-state index contributed by atoms with van der Waals surface area (Å²) in [5.41, 5.74) is 0.134. The van der Waals surface area contributed by atoms with Crippen molar-refractivity contribution in [2.24, 2.45) is 0 Å². The third-order valence-electron chi connectivity index (χ3n) is 2.57. The van der Waals surface area contributed by atoms with E-state index in [-0.39, 0.29) is 18.4 Å². The number of carbonyl (C=O) groups excluding carboxylic acids is 3. The maximum Gasteiger partial charge on any atom is 0.267 e. The van der Waals surface area contributed by atoms with Crippen molar-refractivity contribution in [1.29, 1.82) is 0 Å². The first kappa shape index (κ1) is 11.4. The van der Waals surface area contributed by atoms with Crippen molar-refractivity contribution in [3.05, 3.63) is 35.6 Å². The van der Waals surface area contributed by atoms with Gasteiger partial charge in [-0.25, -0.2) is 9.29 Å². The van der Waals surface area contributed by atoms with Crippen molar-refractivity contribution in [2.45, 2.75) is 19.3 Å². The quantitative estimate of drug-likeness (QED) is 0.693. The van der Waals surface area contributed by atoms with Gasteiger partial charge in [-0.2, -0.15) is 0 Å². The van der Waals surface area contributed by atoms with Gasteiger partial charge in [0.25, 0.3) is 5.91 Å². The van der Waals surface area contributed by atoms with Crippen molar-refractivity contribution >= 4 is 17.7 Å². The molecule has 0 bridgehead atoms. The Morgan fingerprint density at radius 2 is 1.59 bits per heavy atom. The maximum atomic E-state index is 12.7. The number of halogens is 1. The molecule has 1 aromatic carbocycles. The number of benzene rings is 1. The third-order valence-corrected chi connectivity index (χ3v) is 2.57. The highest BCUT2D eigenvalue weighted by Gasteiger charge is 2.32. The Labute approximate surface area is 97.0 Å². The zero-order valence-electron chi connectivity index (χ0n) is 8.98. The summed E-state index contributed by atoms with van der Waals surface area (Å²) in [7, 11) is 0. The van der Waals surface area contributed by atoms with Gasteiger partial charge >= 0.3 is 0 Å². The van der Waals surface area contributed by atoms with Crippen LogP contribution in [0.3, 0.4) is 0 Å². The molecule has 0 saturated carbocycles. The zero-order chi connectivity index (χ0) is 12.4. The molecule has 2 rings (SSSR count). The van der Waals surface area contributed by atoms with E-state index in [1.54, 1.807) is 0 Å². The number of nitrogens with zero attached hydrogens (tertiary/aromatic N) is 1. The van der Waals surface area contributed by atoms with Crippen LogP contribution in [0.4, 0.5) is 4.39 Å². The van der Waals surface area contributed by atoms with Gasteiger partial charge in [-0.3, -0.25) is 14.4 Å². The van der Waals surface area contributed by atoms with Gasteiger partial charge in [0.05, 0.1) is 0 Å². The van der Waals surface area contributed by atoms with Gasteiger partial charge < -0.3 is 0 Å². The van der Waals surface area contributed by atoms with Gasteiger partial charge in [0.1, 0.15) is 5.82 Å². The minimum atomic E-state index is -0.681. The van der Waals surface area contributed by atoms with E-state index >= 15 is 0 Å². The van der Waals surface area contributed by atoms with Crippen molar-refractivity contribution in [1.82, 2.24) is 4.90 Å². The lowest BCUT2D eigenvalue weighted by Gasteiger charge is -2.22. The Hall–Kier alpha value is -2.04. The zero-order valence-corrected chi connectivity index (χ0v) is 8.98. The number of hydrogen-bond donors (Lipinski definition) is 0. The Morgan fingerprint density at radius 3 is 2.12 bits per heavy atom. The molecule has 1 saturated heterocycles. The van der Waals surface area contributed by atoms with Crippen LogP contribution in [-0.2, 0) is 9.59 Å². The fourth-order valence-corrected chi connectivity index (χ4v) is 1.70. The summed E-state index contributed by atoms with van der Waals surface area (Å²) in [6, 6.07) is 4.75. The van der Waals surface area contributed by atoms with Crippen LogP contribution in [0, 0.1) is 5.82 Å². The van der Waals surface area contributed by atoms with E-state index in [1.165, 1.54) is 12.1 Å². The van der Waals surface area contributed by atoms with Crippen molar-refractivity contribution in [3.8, 4) is 0 Å². The number of rotatable bonds is 1. The molecule has 3 amide bonds. The molecule has 17 heavy (non-hydrogen) atoms. The number of piperidine rings is 1. The van der Waals surface area contributed by atoms with Gasteiger partial charge in [0, 0.05) is 18.4 Å². The largest absolute Gasteiger partial charge is 0.274 e. The topological polar surface area (TPSA) is 54.5 Å². The highest BCUT2D eigenvalue weighted by Crippen LogP contribution is 2.16. The molecule has 0 aromatic heterocycles. The summed E-state index contributed by atoms with van der Waals surface area (Å²) in [6.07, 6.45) is 0.863. The van der Waals surface area contributed by atoms with E-state index in [9.17, 15) is 18.8 Å².